The molecule has 0 amide bonds. The number of benzene rings is 1. The second-order valence-corrected chi connectivity index (χ2v) is 7.13. The fourth-order valence-corrected chi connectivity index (χ4v) is 2.99. The molecule has 0 N–H and O–H groups in total. The quantitative estimate of drug-likeness (QED) is 0.546. The zero-order chi connectivity index (χ0) is 15.9. The van der Waals surface area contributed by atoms with Crippen LogP contribution in [0.5, 0.6) is 5.75 Å². The van der Waals surface area contributed by atoms with Gasteiger partial charge in [-0.05, 0) is 51.5 Å². The van der Waals surface area contributed by atoms with Crippen molar-refractivity contribution in [2.24, 2.45) is 5.16 Å². The van der Waals surface area contributed by atoms with Crippen molar-refractivity contribution in [3.8, 4) is 5.75 Å². The van der Waals surface area contributed by atoms with Gasteiger partial charge < -0.3 is 9.57 Å². The van der Waals surface area contributed by atoms with E-state index in [2.05, 4.69) is 5.16 Å². The number of hydrogen-bond donors (Lipinski definition) is 0. The summed E-state index contributed by atoms with van der Waals surface area (Å²) >= 11 is 0. The Balaban J connectivity index is 2.71. The third-order valence-electron chi connectivity index (χ3n) is 3.05. The van der Waals surface area contributed by atoms with Gasteiger partial charge in [-0.1, -0.05) is 12.1 Å². The third-order valence-corrected chi connectivity index (χ3v) is 5.38. The molecule has 1 aromatic carbocycles. The molecule has 1 atom stereocenters. The first-order chi connectivity index (χ1) is 9.91. The van der Waals surface area contributed by atoms with E-state index < -0.39 is 9.84 Å². The highest BCUT2D eigenvalue weighted by molar-refractivity contribution is 7.92. The van der Waals surface area contributed by atoms with Gasteiger partial charge >= 0.3 is 0 Å². The smallest absolute Gasteiger partial charge is 0.180 e. The highest BCUT2D eigenvalue weighted by Gasteiger charge is 2.21. The molecule has 0 aliphatic carbocycles. The van der Waals surface area contributed by atoms with Crippen molar-refractivity contribution < 1.29 is 18.0 Å². The Bertz CT molecular complexity index is 564. The lowest BCUT2D eigenvalue weighted by Crippen LogP contribution is -2.16. The monoisotopic (exact) mass is 313 g/mol. The van der Waals surface area contributed by atoms with Crippen LogP contribution in [0.4, 0.5) is 0 Å². The number of ether oxygens (including phenoxy) is 1. The molecule has 0 fully saturated rings. The lowest BCUT2D eigenvalue weighted by molar-refractivity contribution is 0.156. The number of oxime groups is 1. The summed E-state index contributed by atoms with van der Waals surface area (Å²) in [6.07, 6.45) is 0.591. The number of hydrogen-bond acceptors (Lipinski definition) is 5. The Morgan fingerprint density at radius 1 is 1.24 bits per heavy atom. The Labute approximate surface area is 126 Å². The summed E-state index contributed by atoms with van der Waals surface area (Å²) in [5, 5.41) is 3.46. The van der Waals surface area contributed by atoms with Gasteiger partial charge in [-0.3, -0.25) is 0 Å². The zero-order valence-electron chi connectivity index (χ0n) is 13.0. The summed E-state index contributed by atoms with van der Waals surface area (Å²) in [7, 11) is -3.25. The summed E-state index contributed by atoms with van der Waals surface area (Å²) in [5.74, 6) is 0.601. The standard InChI is InChI=1S/C15H23NO4S/c1-5-13(4)21(17,18)15-9-7-14(8-10-15)19-11-12(3)16-20-6-2/h7-10,13H,5-6,11H2,1-4H3. The van der Waals surface area contributed by atoms with Crippen LogP contribution in [0.1, 0.15) is 34.1 Å². The average Bonchev–Trinajstić information content (AvgIpc) is 2.50. The van der Waals surface area contributed by atoms with E-state index in [0.717, 1.165) is 0 Å². The lowest BCUT2D eigenvalue weighted by atomic mass is 10.3. The lowest BCUT2D eigenvalue weighted by Gasteiger charge is -2.11. The first-order valence-corrected chi connectivity index (χ1v) is 8.58. The second-order valence-electron chi connectivity index (χ2n) is 4.77. The Morgan fingerprint density at radius 2 is 1.86 bits per heavy atom. The van der Waals surface area contributed by atoms with Crippen molar-refractivity contribution in [3.05, 3.63) is 24.3 Å². The maximum Gasteiger partial charge on any atom is 0.180 e. The molecule has 118 valence electrons. The van der Waals surface area contributed by atoms with Crippen molar-refractivity contribution in [1.82, 2.24) is 0 Å². The number of rotatable bonds is 8. The molecule has 0 aliphatic rings. The van der Waals surface area contributed by atoms with Crippen molar-refractivity contribution in [2.45, 2.75) is 44.3 Å². The Morgan fingerprint density at radius 3 is 2.38 bits per heavy atom. The summed E-state index contributed by atoms with van der Waals surface area (Å²) in [6.45, 7) is 8.05. The molecule has 1 aromatic rings. The summed E-state index contributed by atoms with van der Waals surface area (Å²) < 4.78 is 29.9. The normalized spacial score (nSPS) is 13.8. The van der Waals surface area contributed by atoms with Crippen LogP contribution in [0.3, 0.4) is 0 Å². The number of nitrogens with zero attached hydrogens (tertiary/aromatic N) is 1. The van der Waals surface area contributed by atoms with Crippen LogP contribution in [-0.4, -0.2) is 32.6 Å². The topological polar surface area (TPSA) is 65.0 Å². The van der Waals surface area contributed by atoms with E-state index in [1.165, 1.54) is 0 Å². The van der Waals surface area contributed by atoms with E-state index in [0.29, 0.717) is 36.0 Å². The second kappa shape index (κ2) is 8.02. The van der Waals surface area contributed by atoms with Gasteiger partial charge in [0.1, 0.15) is 19.0 Å². The molecule has 0 saturated carbocycles. The van der Waals surface area contributed by atoms with E-state index in [1.807, 2.05) is 13.8 Å². The molecular weight excluding hydrogens is 290 g/mol. The van der Waals surface area contributed by atoms with Crippen LogP contribution in [0, 0.1) is 0 Å². The predicted octanol–water partition coefficient (Wildman–Crippen LogP) is 3.05. The van der Waals surface area contributed by atoms with Crippen molar-refractivity contribution >= 4 is 15.5 Å². The van der Waals surface area contributed by atoms with Gasteiger partial charge in [0.2, 0.25) is 0 Å². The van der Waals surface area contributed by atoms with Gasteiger partial charge in [0.15, 0.2) is 9.84 Å². The van der Waals surface area contributed by atoms with E-state index in [4.69, 9.17) is 9.57 Å². The molecule has 5 nitrogen and oxygen atoms in total. The van der Waals surface area contributed by atoms with Crippen LogP contribution in [0.25, 0.3) is 0 Å². The van der Waals surface area contributed by atoms with Gasteiger partial charge in [-0.25, -0.2) is 8.42 Å². The third kappa shape index (κ3) is 5.04. The summed E-state index contributed by atoms with van der Waals surface area (Å²) in [4.78, 5) is 5.24. The molecule has 0 aliphatic heterocycles. The molecule has 0 bridgehead atoms. The molecule has 0 radical (unpaired) electrons. The van der Waals surface area contributed by atoms with Crippen LogP contribution in [-0.2, 0) is 14.7 Å². The summed E-state index contributed by atoms with van der Waals surface area (Å²) in [6, 6.07) is 6.46. The van der Waals surface area contributed by atoms with Gasteiger partial charge in [0.05, 0.1) is 15.9 Å². The Hall–Kier alpha value is -1.56. The first-order valence-electron chi connectivity index (χ1n) is 7.04. The molecular formula is C15H23NO4S. The van der Waals surface area contributed by atoms with Crippen molar-refractivity contribution in [1.29, 1.82) is 0 Å². The van der Waals surface area contributed by atoms with Crippen LogP contribution in [0.2, 0.25) is 0 Å². The molecule has 0 heterocycles. The molecule has 0 aromatic heterocycles. The zero-order valence-corrected chi connectivity index (χ0v) is 13.8. The molecule has 0 saturated heterocycles. The van der Waals surface area contributed by atoms with Gasteiger partial charge in [0, 0.05) is 0 Å². The predicted molar refractivity (Wildman–Crippen MR) is 83.6 cm³/mol. The molecule has 1 unspecified atom stereocenters. The summed E-state index contributed by atoms with van der Waals surface area (Å²) in [5.41, 5.74) is 0.716. The van der Waals surface area contributed by atoms with E-state index >= 15 is 0 Å². The van der Waals surface area contributed by atoms with Crippen LogP contribution < -0.4 is 4.74 Å². The van der Waals surface area contributed by atoms with Gasteiger partial charge in [-0.2, -0.15) is 0 Å². The van der Waals surface area contributed by atoms with Gasteiger partial charge in [-0.15, -0.1) is 0 Å². The SMILES string of the molecule is CCON=C(C)COc1ccc(S(=O)(=O)C(C)CC)cc1. The molecule has 6 heteroatoms. The van der Waals surface area contributed by atoms with Gasteiger partial charge in [0.25, 0.3) is 0 Å². The van der Waals surface area contributed by atoms with Crippen molar-refractivity contribution in [3.63, 3.8) is 0 Å². The highest BCUT2D eigenvalue weighted by atomic mass is 32.2. The minimum absolute atomic E-state index is 0.303. The Kier molecular flexibility index (Phi) is 6.68. The largest absolute Gasteiger partial charge is 0.488 e. The molecule has 0 spiro atoms. The molecule has 1 rings (SSSR count). The van der Waals surface area contributed by atoms with E-state index in [1.54, 1.807) is 38.1 Å². The minimum Gasteiger partial charge on any atom is -0.488 e. The first kappa shape index (κ1) is 17.5. The number of sulfone groups is 1. The van der Waals surface area contributed by atoms with Crippen LogP contribution in [0.15, 0.2) is 34.3 Å². The fourth-order valence-electron chi connectivity index (χ4n) is 1.57. The fraction of sp³-hybridized carbons (Fsp3) is 0.533. The maximum atomic E-state index is 12.2. The highest BCUT2D eigenvalue weighted by Crippen LogP contribution is 2.21. The van der Waals surface area contributed by atoms with E-state index in [-0.39, 0.29) is 5.25 Å². The van der Waals surface area contributed by atoms with E-state index in [9.17, 15) is 8.42 Å². The van der Waals surface area contributed by atoms with Crippen LogP contribution >= 0.6 is 0 Å². The minimum atomic E-state index is -3.25. The average molecular weight is 313 g/mol. The maximum absolute atomic E-state index is 12.2. The molecule has 21 heavy (non-hydrogen) atoms. The van der Waals surface area contributed by atoms with Crippen molar-refractivity contribution in [2.75, 3.05) is 13.2 Å².